The fourth-order valence-electron chi connectivity index (χ4n) is 4.44. The van der Waals surface area contributed by atoms with Gasteiger partial charge in [-0.1, -0.05) is 90.1 Å². The highest BCUT2D eigenvalue weighted by Crippen LogP contribution is 2.40. The lowest BCUT2D eigenvalue weighted by molar-refractivity contribution is 0.389. The van der Waals surface area contributed by atoms with Crippen LogP contribution in [0.15, 0.2) is 66.7 Å². The van der Waals surface area contributed by atoms with Crippen molar-refractivity contribution < 1.29 is 9.47 Å². The third-order valence-corrected chi connectivity index (χ3v) is 6.74. The smallest absolute Gasteiger partial charge is 0.122 e. The van der Waals surface area contributed by atoms with Crippen molar-refractivity contribution in [1.82, 2.24) is 0 Å². The van der Waals surface area contributed by atoms with Crippen LogP contribution >= 0.6 is 0 Å². The summed E-state index contributed by atoms with van der Waals surface area (Å²) in [6.07, 6.45) is 0.959. The Balaban J connectivity index is 1.92. The molecule has 0 aromatic heterocycles. The van der Waals surface area contributed by atoms with Crippen molar-refractivity contribution in [3.63, 3.8) is 0 Å². The minimum Gasteiger partial charge on any atom is -0.497 e. The topological polar surface area (TPSA) is 18.5 Å². The lowest BCUT2D eigenvalue weighted by Crippen LogP contribution is -2.23. The van der Waals surface area contributed by atoms with Gasteiger partial charge in [-0.2, -0.15) is 0 Å². The fraction of sp³-hybridized carbons (Fsp3) is 0.400. The van der Waals surface area contributed by atoms with Crippen molar-refractivity contribution in [1.29, 1.82) is 0 Å². The summed E-state index contributed by atoms with van der Waals surface area (Å²) in [6.45, 7) is 13.6. The number of benzene rings is 3. The lowest BCUT2D eigenvalue weighted by Gasteiger charge is -2.31. The second kappa shape index (κ2) is 9.40. The molecule has 0 unspecified atom stereocenters. The first kappa shape index (κ1) is 23.9. The molecule has 3 rings (SSSR count). The maximum absolute atomic E-state index is 5.91. The van der Waals surface area contributed by atoms with Crippen molar-refractivity contribution in [3.8, 4) is 11.5 Å². The predicted molar refractivity (Wildman–Crippen MR) is 135 cm³/mol. The lowest BCUT2D eigenvalue weighted by atomic mass is 9.74. The van der Waals surface area contributed by atoms with E-state index in [0.29, 0.717) is 5.92 Å². The van der Waals surface area contributed by atoms with Gasteiger partial charge in [0.05, 0.1) is 14.2 Å². The van der Waals surface area contributed by atoms with Crippen molar-refractivity contribution in [2.45, 2.75) is 64.7 Å². The van der Waals surface area contributed by atoms with Gasteiger partial charge in [0.2, 0.25) is 0 Å². The van der Waals surface area contributed by atoms with E-state index in [0.717, 1.165) is 17.9 Å². The molecule has 0 N–H and O–H groups in total. The van der Waals surface area contributed by atoms with E-state index in [2.05, 4.69) is 102 Å². The molecule has 2 heteroatoms. The highest BCUT2D eigenvalue weighted by Gasteiger charge is 2.29. The van der Waals surface area contributed by atoms with Crippen LogP contribution in [0.2, 0.25) is 0 Å². The highest BCUT2D eigenvalue weighted by molar-refractivity contribution is 5.49. The number of rotatable bonds is 8. The Hall–Kier alpha value is -2.74. The van der Waals surface area contributed by atoms with E-state index in [4.69, 9.17) is 9.47 Å². The molecule has 0 heterocycles. The summed E-state index contributed by atoms with van der Waals surface area (Å²) in [5.74, 6) is 2.38. The first-order valence-corrected chi connectivity index (χ1v) is 11.5. The molecule has 0 saturated heterocycles. The predicted octanol–water partition coefficient (Wildman–Crippen LogP) is 7.67. The number of methoxy groups -OCH3 is 2. The van der Waals surface area contributed by atoms with E-state index in [9.17, 15) is 0 Å². The zero-order chi connectivity index (χ0) is 23.5. The molecule has 2 nitrogen and oxygen atoms in total. The molecule has 0 atom stereocenters. The number of hydrogen-bond acceptors (Lipinski definition) is 2. The van der Waals surface area contributed by atoms with Gasteiger partial charge in [-0.05, 0) is 58.2 Å². The third-order valence-electron chi connectivity index (χ3n) is 6.74. The van der Waals surface area contributed by atoms with E-state index in [-0.39, 0.29) is 10.8 Å². The SMILES string of the molecule is COc1cccc(C(C)(C)c2ccc(C(C)(C)Cc3ccc(C(C)C)cc3)c(OC)c2)c1. The Kier molecular flexibility index (Phi) is 7.03. The minimum absolute atomic E-state index is 0.0523. The summed E-state index contributed by atoms with van der Waals surface area (Å²) in [7, 11) is 3.48. The standard InChI is InChI=1S/C30H38O2/c1-21(2)23-14-12-22(13-15-23)20-29(3,4)27-17-16-25(19-28(27)32-8)30(5,6)24-10-9-11-26(18-24)31-7/h9-19,21H,20H2,1-8H3. The molecule has 0 amide bonds. The largest absolute Gasteiger partial charge is 0.497 e. The quantitative estimate of drug-likeness (QED) is 0.365. The summed E-state index contributed by atoms with van der Waals surface area (Å²) in [5.41, 5.74) is 6.19. The molecule has 0 spiro atoms. The molecule has 0 aliphatic rings. The third kappa shape index (κ3) is 5.01. The van der Waals surface area contributed by atoms with E-state index in [1.807, 2.05) is 6.07 Å². The normalized spacial score (nSPS) is 12.2. The molecule has 0 radical (unpaired) electrons. The van der Waals surface area contributed by atoms with Gasteiger partial charge in [-0.3, -0.25) is 0 Å². The van der Waals surface area contributed by atoms with Crippen LogP contribution in [0.1, 0.15) is 75.3 Å². The number of hydrogen-bond donors (Lipinski definition) is 0. The van der Waals surface area contributed by atoms with E-state index >= 15 is 0 Å². The summed E-state index contributed by atoms with van der Waals surface area (Å²) in [5, 5.41) is 0. The first-order valence-electron chi connectivity index (χ1n) is 11.5. The van der Waals surface area contributed by atoms with Crippen LogP contribution in [0.5, 0.6) is 11.5 Å². The summed E-state index contributed by atoms with van der Waals surface area (Å²) >= 11 is 0. The molecular formula is C30H38O2. The van der Waals surface area contributed by atoms with Gasteiger partial charge in [-0.25, -0.2) is 0 Å². The molecule has 3 aromatic carbocycles. The van der Waals surface area contributed by atoms with Gasteiger partial charge in [0.1, 0.15) is 11.5 Å². The molecule has 0 aliphatic carbocycles. The van der Waals surface area contributed by atoms with Crippen molar-refractivity contribution in [3.05, 3.63) is 94.5 Å². The Labute approximate surface area is 194 Å². The first-order chi connectivity index (χ1) is 15.1. The second-order valence-electron chi connectivity index (χ2n) is 10.2. The van der Waals surface area contributed by atoms with E-state index in [1.165, 1.54) is 27.8 Å². The van der Waals surface area contributed by atoms with Crippen LogP contribution in [0.4, 0.5) is 0 Å². The molecule has 32 heavy (non-hydrogen) atoms. The van der Waals surface area contributed by atoms with Crippen LogP contribution in [-0.4, -0.2) is 14.2 Å². The molecule has 0 fully saturated rings. The zero-order valence-corrected chi connectivity index (χ0v) is 21.0. The van der Waals surface area contributed by atoms with Crippen LogP contribution in [0, 0.1) is 0 Å². The molecule has 0 saturated carbocycles. The van der Waals surface area contributed by atoms with E-state index in [1.54, 1.807) is 14.2 Å². The van der Waals surface area contributed by atoms with Crippen LogP contribution in [0.3, 0.4) is 0 Å². The average Bonchev–Trinajstić information content (AvgIpc) is 2.78. The molecule has 0 aliphatic heterocycles. The average molecular weight is 431 g/mol. The van der Waals surface area contributed by atoms with E-state index < -0.39 is 0 Å². The van der Waals surface area contributed by atoms with Crippen molar-refractivity contribution >= 4 is 0 Å². The highest BCUT2D eigenvalue weighted by atomic mass is 16.5. The molecular weight excluding hydrogens is 392 g/mol. The monoisotopic (exact) mass is 430 g/mol. The molecule has 3 aromatic rings. The summed E-state index contributed by atoms with van der Waals surface area (Å²) in [4.78, 5) is 0. The van der Waals surface area contributed by atoms with Gasteiger partial charge >= 0.3 is 0 Å². The van der Waals surface area contributed by atoms with Gasteiger partial charge in [0.15, 0.2) is 0 Å². The zero-order valence-electron chi connectivity index (χ0n) is 21.0. The van der Waals surface area contributed by atoms with Gasteiger partial charge in [0.25, 0.3) is 0 Å². The molecule has 170 valence electrons. The Morgan fingerprint density at radius 2 is 1.41 bits per heavy atom. The van der Waals surface area contributed by atoms with Gasteiger partial charge < -0.3 is 9.47 Å². The van der Waals surface area contributed by atoms with Crippen LogP contribution < -0.4 is 9.47 Å². The number of ether oxygens (including phenoxy) is 2. The molecule has 0 bridgehead atoms. The summed E-state index contributed by atoms with van der Waals surface area (Å²) < 4.78 is 11.4. The van der Waals surface area contributed by atoms with Crippen molar-refractivity contribution in [2.24, 2.45) is 0 Å². The summed E-state index contributed by atoms with van der Waals surface area (Å²) in [6, 6.07) is 24.1. The second-order valence-corrected chi connectivity index (χ2v) is 10.2. The Morgan fingerprint density at radius 3 is 2.00 bits per heavy atom. The van der Waals surface area contributed by atoms with Crippen LogP contribution in [-0.2, 0) is 17.3 Å². The fourth-order valence-corrected chi connectivity index (χ4v) is 4.44. The van der Waals surface area contributed by atoms with Crippen LogP contribution in [0.25, 0.3) is 0 Å². The van der Waals surface area contributed by atoms with Gasteiger partial charge in [-0.15, -0.1) is 0 Å². The minimum atomic E-state index is -0.169. The Bertz CT molecular complexity index is 1040. The maximum atomic E-state index is 5.91. The van der Waals surface area contributed by atoms with Gasteiger partial charge in [0, 0.05) is 11.0 Å². The maximum Gasteiger partial charge on any atom is 0.122 e. The van der Waals surface area contributed by atoms with Crippen molar-refractivity contribution in [2.75, 3.05) is 14.2 Å². The Morgan fingerprint density at radius 1 is 0.750 bits per heavy atom.